The van der Waals surface area contributed by atoms with Crippen molar-refractivity contribution in [2.45, 2.75) is 52.6 Å². The van der Waals surface area contributed by atoms with Gasteiger partial charge in [-0.05, 0) is 44.0 Å². The Balaban J connectivity index is 2.36. The molecule has 0 aliphatic carbocycles. The van der Waals surface area contributed by atoms with Crippen molar-refractivity contribution >= 4 is 16.7 Å². The zero-order chi connectivity index (χ0) is 19.1. The molecule has 0 aliphatic rings. The van der Waals surface area contributed by atoms with Gasteiger partial charge in [-0.25, -0.2) is 0 Å². The van der Waals surface area contributed by atoms with Gasteiger partial charge in [0, 0.05) is 19.8 Å². The second-order valence-electron chi connectivity index (χ2n) is 6.41. The summed E-state index contributed by atoms with van der Waals surface area (Å²) in [5.41, 5.74) is 7.00. The Morgan fingerprint density at radius 2 is 1.65 bits per heavy atom. The van der Waals surface area contributed by atoms with Crippen molar-refractivity contribution in [2.24, 2.45) is 5.73 Å². The highest BCUT2D eigenvalue weighted by Crippen LogP contribution is 2.22. The molecule has 5 nitrogen and oxygen atoms in total. The molecule has 0 heterocycles. The van der Waals surface area contributed by atoms with Crippen molar-refractivity contribution < 1.29 is 14.3 Å². The predicted octanol–water partition coefficient (Wildman–Crippen LogP) is 3.30. The highest BCUT2D eigenvalue weighted by molar-refractivity contribution is 5.87. The van der Waals surface area contributed by atoms with Crippen LogP contribution in [0.3, 0.4) is 0 Å². The fraction of sp³-hybridized carbons (Fsp3) is 0.476. The Hall–Kier alpha value is -1.95. The van der Waals surface area contributed by atoms with E-state index in [1.54, 1.807) is 11.8 Å². The summed E-state index contributed by atoms with van der Waals surface area (Å²) < 4.78 is 11.4. The van der Waals surface area contributed by atoms with Crippen LogP contribution < -0.4 is 5.73 Å². The van der Waals surface area contributed by atoms with E-state index in [9.17, 15) is 4.79 Å². The van der Waals surface area contributed by atoms with Crippen LogP contribution in [-0.4, -0.2) is 42.4 Å². The molecule has 26 heavy (non-hydrogen) atoms. The minimum atomic E-state index is -0.587. The van der Waals surface area contributed by atoms with E-state index >= 15 is 0 Å². The maximum atomic E-state index is 12.8. The molecule has 2 N–H and O–H groups in total. The average Bonchev–Trinajstić information content (AvgIpc) is 2.65. The summed E-state index contributed by atoms with van der Waals surface area (Å²) in [4.78, 5) is 14.6. The van der Waals surface area contributed by atoms with Gasteiger partial charge >= 0.3 is 0 Å². The minimum Gasteiger partial charge on any atom is -0.351 e. The Labute approximate surface area is 156 Å². The Kier molecular flexibility index (Phi) is 7.57. The minimum absolute atomic E-state index is 0.116. The molecule has 2 aromatic carbocycles. The van der Waals surface area contributed by atoms with Crippen molar-refractivity contribution in [2.75, 3.05) is 13.2 Å². The first-order chi connectivity index (χ1) is 12.5. The maximum Gasteiger partial charge on any atom is 0.239 e. The Morgan fingerprint density at radius 3 is 2.27 bits per heavy atom. The van der Waals surface area contributed by atoms with Crippen LogP contribution in [0, 0.1) is 0 Å². The molecule has 2 rings (SSSR count). The number of carbonyl (C=O) groups excluding carboxylic acids is 1. The van der Waals surface area contributed by atoms with Crippen LogP contribution in [0.1, 0.15) is 33.3 Å². The van der Waals surface area contributed by atoms with Gasteiger partial charge in [0.05, 0.1) is 12.1 Å². The largest absolute Gasteiger partial charge is 0.351 e. The molecule has 5 heteroatoms. The number of carbonyl (C=O) groups is 1. The molecule has 0 bridgehead atoms. The van der Waals surface area contributed by atoms with Crippen LogP contribution in [0.15, 0.2) is 42.5 Å². The van der Waals surface area contributed by atoms with Gasteiger partial charge in [-0.2, -0.15) is 0 Å². The molecule has 1 unspecified atom stereocenters. The highest BCUT2D eigenvalue weighted by atomic mass is 16.7. The summed E-state index contributed by atoms with van der Waals surface area (Å²) in [5, 5.41) is 2.28. The molecule has 142 valence electrons. The molecular formula is C21H30N2O3. The van der Waals surface area contributed by atoms with Crippen LogP contribution in [0.4, 0.5) is 0 Å². The average molecular weight is 358 g/mol. The van der Waals surface area contributed by atoms with Gasteiger partial charge in [0.2, 0.25) is 5.91 Å². The van der Waals surface area contributed by atoms with Crippen molar-refractivity contribution in [3.63, 3.8) is 0 Å². The summed E-state index contributed by atoms with van der Waals surface area (Å²) >= 11 is 0. The van der Waals surface area contributed by atoms with Crippen LogP contribution in [0.25, 0.3) is 10.8 Å². The molecule has 0 fully saturated rings. The SMILES string of the molecule is CCOC(OCC)[C@H](C)N(Cc1cccc2ccccc12)C(=O)C(C)N. The normalized spacial score (nSPS) is 13.8. The lowest BCUT2D eigenvalue weighted by Crippen LogP contribution is -2.51. The molecule has 2 aromatic rings. The lowest BCUT2D eigenvalue weighted by atomic mass is 10.0. The van der Waals surface area contributed by atoms with Crippen molar-refractivity contribution in [3.05, 3.63) is 48.0 Å². The molecule has 0 radical (unpaired) electrons. The Bertz CT molecular complexity index is 706. The number of hydrogen-bond donors (Lipinski definition) is 1. The maximum absolute atomic E-state index is 12.8. The summed E-state index contributed by atoms with van der Waals surface area (Å²) in [6, 6.07) is 13.5. The standard InChI is InChI=1S/C21H30N2O3/c1-5-25-21(26-6-2)16(4)23(20(24)15(3)22)14-18-12-9-11-17-10-7-8-13-19(17)18/h7-13,15-16,21H,5-6,14,22H2,1-4H3/t15?,16-/m0/s1. The van der Waals surface area contributed by atoms with Gasteiger partial charge < -0.3 is 20.1 Å². The third-order valence-corrected chi connectivity index (χ3v) is 4.44. The lowest BCUT2D eigenvalue weighted by Gasteiger charge is -2.35. The summed E-state index contributed by atoms with van der Waals surface area (Å²) in [7, 11) is 0. The number of nitrogens with zero attached hydrogens (tertiary/aromatic N) is 1. The third kappa shape index (κ3) is 4.81. The van der Waals surface area contributed by atoms with Gasteiger partial charge in [-0.3, -0.25) is 4.79 Å². The monoisotopic (exact) mass is 358 g/mol. The second kappa shape index (κ2) is 9.67. The quantitative estimate of drug-likeness (QED) is 0.699. The molecule has 0 aromatic heterocycles. The van der Waals surface area contributed by atoms with E-state index in [2.05, 4.69) is 18.2 Å². The molecule has 0 aliphatic heterocycles. The first kappa shape index (κ1) is 20.4. The number of benzene rings is 2. The van der Waals surface area contributed by atoms with E-state index in [-0.39, 0.29) is 11.9 Å². The van der Waals surface area contributed by atoms with Gasteiger partial charge in [0.15, 0.2) is 6.29 Å². The van der Waals surface area contributed by atoms with Gasteiger partial charge in [0.1, 0.15) is 0 Å². The molecule has 2 atom stereocenters. The van der Waals surface area contributed by atoms with E-state index in [1.807, 2.05) is 45.0 Å². The van der Waals surface area contributed by atoms with Crippen molar-refractivity contribution in [1.29, 1.82) is 0 Å². The summed E-state index contributed by atoms with van der Waals surface area (Å²) in [5.74, 6) is -0.116. The van der Waals surface area contributed by atoms with Gasteiger partial charge in [-0.15, -0.1) is 0 Å². The fourth-order valence-electron chi connectivity index (χ4n) is 3.10. The van der Waals surface area contributed by atoms with E-state index in [4.69, 9.17) is 15.2 Å². The van der Waals surface area contributed by atoms with E-state index < -0.39 is 12.3 Å². The zero-order valence-electron chi connectivity index (χ0n) is 16.1. The fourth-order valence-corrected chi connectivity index (χ4v) is 3.10. The first-order valence-electron chi connectivity index (χ1n) is 9.25. The molecule has 0 saturated carbocycles. The molecule has 0 spiro atoms. The second-order valence-corrected chi connectivity index (χ2v) is 6.41. The predicted molar refractivity (Wildman–Crippen MR) is 105 cm³/mol. The molecule has 0 saturated heterocycles. The van der Waals surface area contributed by atoms with Crippen molar-refractivity contribution in [1.82, 2.24) is 4.90 Å². The van der Waals surface area contributed by atoms with E-state index in [1.165, 1.54) is 0 Å². The third-order valence-electron chi connectivity index (χ3n) is 4.44. The number of fused-ring (bicyclic) bond motifs is 1. The van der Waals surface area contributed by atoms with Gasteiger partial charge in [0.25, 0.3) is 0 Å². The van der Waals surface area contributed by atoms with E-state index in [0.717, 1.165) is 16.3 Å². The summed E-state index contributed by atoms with van der Waals surface area (Å²) in [6.07, 6.45) is -0.484. The van der Waals surface area contributed by atoms with Crippen LogP contribution in [0.5, 0.6) is 0 Å². The Morgan fingerprint density at radius 1 is 1.04 bits per heavy atom. The number of amides is 1. The smallest absolute Gasteiger partial charge is 0.239 e. The highest BCUT2D eigenvalue weighted by Gasteiger charge is 2.30. The summed E-state index contributed by atoms with van der Waals surface area (Å²) in [6.45, 7) is 8.98. The number of nitrogens with two attached hydrogens (primary N) is 1. The number of hydrogen-bond acceptors (Lipinski definition) is 4. The number of rotatable bonds is 9. The van der Waals surface area contributed by atoms with Gasteiger partial charge in [-0.1, -0.05) is 42.5 Å². The zero-order valence-corrected chi connectivity index (χ0v) is 16.1. The topological polar surface area (TPSA) is 64.8 Å². The lowest BCUT2D eigenvalue weighted by molar-refractivity contribution is -0.179. The van der Waals surface area contributed by atoms with Crippen molar-refractivity contribution in [3.8, 4) is 0 Å². The van der Waals surface area contributed by atoms with Crippen LogP contribution in [-0.2, 0) is 20.8 Å². The first-order valence-corrected chi connectivity index (χ1v) is 9.25. The molecular weight excluding hydrogens is 328 g/mol. The van der Waals surface area contributed by atoms with Crippen LogP contribution >= 0.6 is 0 Å². The van der Waals surface area contributed by atoms with Crippen LogP contribution in [0.2, 0.25) is 0 Å². The molecule has 1 amide bonds. The number of ether oxygens (including phenoxy) is 2. The van der Waals surface area contributed by atoms with E-state index in [0.29, 0.717) is 19.8 Å².